The zero-order valence-corrected chi connectivity index (χ0v) is 13.4. The number of methoxy groups -OCH3 is 1. The van der Waals surface area contributed by atoms with Gasteiger partial charge in [0.1, 0.15) is 11.6 Å². The van der Waals surface area contributed by atoms with Crippen LogP contribution in [0.4, 0.5) is 10.1 Å². The molecule has 0 atom stereocenters. The third-order valence-electron chi connectivity index (χ3n) is 2.72. The van der Waals surface area contributed by atoms with Crippen LogP contribution in [0.15, 0.2) is 36.4 Å². The minimum Gasteiger partial charge on any atom is -0.496 e. The first-order chi connectivity index (χ1) is 10.4. The summed E-state index contributed by atoms with van der Waals surface area (Å²) in [6, 6.07) is 7.39. The van der Waals surface area contributed by atoms with Gasteiger partial charge < -0.3 is 9.47 Å². The van der Waals surface area contributed by atoms with E-state index in [9.17, 15) is 19.3 Å². The van der Waals surface area contributed by atoms with Crippen LogP contribution in [0, 0.1) is 19.5 Å². The number of ether oxygens (including phenoxy) is 2. The molecule has 0 aromatic heterocycles. The fourth-order valence-electron chi connectivity index (χ4n) is 1.66. The van der Waals surface area contributed by atoms with E-state index >= 15 is 0 Å². The molecule has 0 spiro atoms. The highest BCUT2D eigenvalue weighted by Crippen LogP contribution is 2.31. The number of rotatable bonds is 4. The molecule has 0 heterocycles. The molecule has 2 aromatic carbocycles. The molecule has 0 fully saturated rings. The van der Waals surface area contributed by atoms with Crippen molar-refractivity contribution < 1.29 is 23.6 Å². The van der Waals surface area contributed by atoms with Gasteiger partial charge in [-0.15, -0.1) is 0 Å². The molecule has 0 radical (unpaired) electrons. The van der Waals surface area contributed by atoms with Crippen LogP contribution in [0.25, 0.3) is 0 Å². The summed E-state index contributed by atoms with van der Waals surface area (Å²) >= 11 is 1.78. The highest BCUT2D eigenvalue weighted by atomic mass is 127. The van der Waals surface area contributed by atoms with E-state index in [2.05, 4.69) is 0 Å². The lowest BCUT2D eigenvalue weighted by Crippen LogP contribution is -2.11. The second-order valence-corrected chi connectivity index (χ2v) is 5.27. The average Bonchev–Trinajstić information content (AvgIpc) is 2.47. The van der Waals surface area contributed by atoms with E-state index < -0.39 is 22.4 Å². The Labute approximate surface area is 138 Å². The topological polar surface area (TPSA) is 78.7 Å². The predicted molar refractivity (Wildman–Crippen MR) is 83.7 cm³/mol. The number of carbonyl (C=O) groups excluding carboxylic acids is 1. The fourth-order valence-corrected chi connectivity index (χ4v) is 2.36. The number of nitrogens with zero attached hydrogens (tertiary/aromatic N) is 1. The smallest absolute Gasteiger partial charge is 0.344 e. The van der Waals surface area contributed by atoms with E-state index in [1.165, 1.54) is 31.4 Å². The highest BCUT2D eigenvalue weighted by Gasteiger charge is 2.21. The summed E-state index contributed by atoms with van der Waals surface area (Å²) in [6.07, 6.45) is 0. The van der Waals surface area contributed by atoms with E-state index in [1.54, 1.807) is 22.6 Å². The Hall–Kier alpha value is -2.23. The summed E-state index contributed by atoms with van der Waals surface area (Å²) in [4.78, 5) is 22.4. The second-order valence-electron chi connectivity index (χ2n) is 4.10. The first-order valence-corrected chi connectivity index (χ1v) is 7.00. The van der Waals surface area contributed by atoms with Crippen molar-refractivity contribution in [3.8, 4) is 11.5 Å². The van der Waals surface area contributed by atoms with Crippen molar-refractivity contribution in [3.63, 3.8) is 0 Å². The third-order valence-corrected chi connectivity index (χ3v) is 3.61. The summed E-state index contributed by atoms with van der Waals surface area (Å²) < 4.78 is 23.3. The molecule has 6 nitrogen and oxygen atoms in total. The molecule has 0 amide bonds. The summed E-state index contributed by atoms with van der Waals surface area (Å²) in [7, 11) is 1.37. The minimum absolute atomic E-state index is 0.118. The van der Waals surface area contributed by atoms with Crippen molar-refractivity contribution in [2.45, 2.75) is 0 Å². The fraction of sp³-hybridized carbons (Fsp3) is 0.0714. The lowest BCUT2D eigenvalue weighted by Gasteiger charge is -2.07. The van der Waals surface area contributed by atoms with Crippen LogP contribution in [0.2, 0.25) is 0 Å². The van der Waals surface area contributed by atoms with Crippen molar-refractivity contribution in [2.24, 2.45) is 0 Å². The number of benzene rings is 2. The monoisotopic (exact) mass is 417 g/mol. The van der Waals surface area contributed by atoms with Crippen molar-refractivity contribution in [1.29, 1.82) is 0 Å². The molecular formula is C14H9FINO5. The van der Waals surface area contributed by atoms with Crippen molar-refractivity contribution in [2.75, 3.05) is 7.11 Å². The van der Waals surface area contributed by atoms with Crippen LogP contribution in [0.3, 0.4) is 0 Å². The normalized spacial score (nSPS) is 10.1. The Morgan fingerprint density at radius 1 is 1.27 bits per heavy atom. The lowest BCUT2D eigenvalue weighted by atomic mass is 10.2. The number of hydrogen-bond acceptors (Lipinski definition) is 5. The van der Waals surface area contributed by atoms with Gasteiger partial charge in [0, 0.05) is 3.57 Å². The Kier molecular flexibility index (Phi) is 4.91. The van der Waals surface area contributed by atoms with Gasteiger partial charge >= 0.3 is 11.7 Å². The van der Waals surface area contributed by atoms with Crippen LogP contribution in [0.1, 0.15) is 10.4 Å². The molecule has 8 heteroatoms. The van der Waals surface area contributed by atoms with Crippen LogP contribution in [0.5, 0.6) is 11.5 Å². The zero-order valence-electron chi connectivity index (χ0n) is 11.2. The molecule has 0 bridgehead atoms. The quantitative estimate of drug-likeness (QED) is 0.250. The van der Waals surface area contributed by atoms with Crippen LogP contribution >= 0.6 is 22.6 Å². The standard InChI is InChI=1S/C14H9FINO5/c1-21-9-3-5-13(12(7-9)17(19)20)22-14(18)10-4-2-8(15)6-11(10)16/h2-7H,1H3. The largest absolute Gasteiger partial charge is 0.496 e. The predicted octanol–water partition coefficient (Wildman–Crippen LogP) is 3.57. The van der Waals surface area contributed by atoms with Crippen molar-refractivity contribution in [3.05, 3.63) is 61.5 Å². The number of halogens is 2. The van der Waals surface area contributed by atoms with Gasteiger partial charge in [-0.3, -0.25) is 10.1 Å². The molecule has 0 aliphatic heterocycles. The lowest BCUT2D eigenvalue weighted by molar-refractivity contribution is -0.385. The number of esters is 1. The Morgan fingerprint density at radius 3 is 2.59 bits per heavy atom. The molecule has 0 unspecified atom stereocenters. The highest BCUT2D eigenvalue weighted by molar-refractivity contribution is 14.1. The SMILES string of the molecule is COc1ccc(OC(=O)c2ccc(F)cc2I)c([N+](=O)[O-])c1. The first kappa shape index (κ1) is 16.1. The molecular weight excluding hydrogens is 408 g/mol. The van der Waals surface area contributed by atoms with Crippen LogP contribution in [-0.2, 0) is 0 Å². The molecule has 114 valence electrons. The number of nitro groups is 1. The van der Waals surface area contributed by atoms with Gasteiger partial charge in [0.25, 0.3) is 0 Å². The van der Waals surface area contributed by atoms with E-state index in [4.69, 9.17) is 9.47 Å². The van der Waals surface area contributed by atoms with Gasteiger partial charge in [0.05, 0.1) is 23.7 Å². The zero-order chi connectivity index (χ0) is 16.3. The number of hydrogen-bond donors (Lipinski definition) is 0. The van der Waals surface area contributed by atoms with Crippen LogP contribution < -0.4 is 9.47 Å². The van der Waals surface area contributed by atoms with Gasteiger partial charge in [0.15, 0.2) is 0 Å². The molecule has 0 aliphatic rings. The van der Waals surface area contributed by atoms with E-state index in [0.717, 1.165) is 12.1 Å². The maximum absolute atomic E-state index is 13.0. The van der Waals surface area contributed by atoms with E-state index in [-0.39, 0.29) is 17.1 Å². The summed E-state index contributed by atoms with van der Waals surface area (Å²) in [5, 5.41) is 11.0. The number of carbonyl (C=O) groups is 1. The third kappa shape index (κ3) is 3.50. The Morgan fingerprint density at radius 2 is 2.00 bits per heavy atom. The van der Waals surface area contributed by atoms with E-state index in [0.29, 0.717) is 3.57 Å². The van der Waals surface area contributed by atoms with E-state index in [1.807, 2.05) is 0 Å². The van der Waals surface area contributed by atoms with Gasteiger partial charge in [-0.25, -0.2) is 9.18 Å². The maximum atomic E-state index is 13.0. The Bertz CT molecular complexity index is 750. The van der Waals surface area contributed by atoms with Gasteiger partial charge in [-0.05, 0) is 52.9 Å². The molecule has 2 rings (SSSR count). The molecule has 0 aliphatic carbocycles. The molecule has 0 saturated carbocycles. The minimum atomic E-state index is -0.808. The Balaban J connectivity index is 2.34. The van der Waals surface area contributed by atoms with Crippen LogP contribution in [-0.4, -0.2) is 18.0 Å². The molecule has 22 heavy (non-hydrogen) atoms. The maximum Gasteiger partial charge on any atom is 0.344 e. The van der Waals surface area contributed by atoms with Gasteiger partial charge in [-0.2, -0.15) is 0 Å². The summed E-state index contributed by atoms with van der Waals surface area (Å²) in [5.74, 6) is -1.24. The van der Waals surface area contributed by atoms with Gasteiger partial charge in [-0.1, -0.05) is 0 Å². The number of nitro benzene ring substituents is 1. The average molecular weight is 417 g/mol. The van der Waals surface area contributed by atoms with Crippen molar-refractivity contribution in [1.82, 2.24) is 0 Å². The van der Waals surface area contributed by atoms with Crippen molar-refractivity contribution >= 4 is 34.2 Å². The molecule has 2 aromatic rings. The molecule has 0 N–H and O–H groups in total. The first-order valence-electron chi connectivity index (χ1n) is 5.92. The summed E-state index contributed by atoms with van der Waals surface area (Å²) in [5.41, 5.74) is -0.281. The molecule has 0 saturated heterocycles. The van der Waals surface area contributed by atoms with Gasteiger partial charge in [0.2, 0.25) is 5.75 Å². The summed E-state index contributed by atoms with van der Waals surface area (Å²) in [6.45, 7) is 0. The second kappa shape index (κ2) is 6.69.